The van der Waals surface area contributed by atoms with Crippen molar-refractivity contribution >= 4 is 17.9 Å². The lowest BCUT2D eigenvalue weighted by atomic mass is 10.2. The van der Waals surface area contributed by atoms with Crippen molar-refractivity contribution in [2.75, 3.05) is 0 Å². The normalized spacial score (nSPS) is 23.2. The fourth-order valence-corrected chi connectivity index (χ4v) is 1.55. The minimum Gasteiger partial charge on any atom is -0.454 e. The van der Waals surface area contributed by atoms with Crippen LogP contribution >= 0.6 is 0 Å². The van der Waals surface area contributed by atoms with Crippen LogP contribution in [0.25, 0.3) is 0 Å². The van der Waals surface area contributed by atoms with Crippen molar-refractivity contribution in [1.82, 2.24) is 0 Å². The lowest BCUT2D eigenvalue weighted by molar-refractivity contribution is -0.172. The van der Waals surface area contributed by atoms with Crippen molar-refractivity contribution in [3.63, 3.8) is 0 Å². The van der Waals surface area contributed by atoms with E-state index in [0.29, 0.717) is 0 Å². The first kappa shape index (κ1) is 13.2. The maximum atomic E-state index is 10.9. The predicted molar refractivity (Wildman–Crippen MR) is 55.8 cm³/mol. The van der Waals surface area contributed by atoms with Gasteiger partial charge in [-0.25, -0.2) is 0 Å². The van der Waals surface area contributed by atoms with Gasteiger partial charge in [-0.2, -0.15) is 0 Å². The number of carbonyl (C=O) groups excluding carboxylic acids is 3. The molecule has 0 aromatic rings. The summed E-state index contributed by atoms with van der Waals surface area (Å²) in [6.45, 7) is 3.73. The van der Waals surface area contributed by atoms with Gasteiger partial charge in [-0.15, -0.1) is 0 Å². The highest BCUT2D eigenvalue weighted by Gasteiger charge is 2.38. The van der Waals surface area contributed by atoms with E-state index < -0.39 is 36.2 Å². The summed E-state index contributed by atoms with van der Waals surface area (Å²) in [6.07, 6.45) is 0.799. The first-order valence-corrected chi connectivity index (χ1v) is 5.10. The van der Waals surface area contributed by atoms with Crippen LogP contribution in [0.5, 0.6) is 0 Å². The van der Waals surface area contributed by atoms with Crippen molar-refractivity contribution in [2.24, 2.45) is 0 Å². The van der Waals surface area contributed by atoms with Gasteiger partial charge in [-0.05, 0) is 12.2 Å². The van der Waals surface area contributed by atoms with E-state index in [4.69, 9.17) is 14.2 Å². The molecule has 1 aliphatic rings. The SMILES string of the molecule is CC(=O)OC1[C@@H](OC(C)=O)C=C[C@@H]1OC(C)=O. The standard InChI is InChI=1S/C11H14O6/c1-6(12)15-9-4-5-10(16-7(2)13)11(9)17-8(3)14/h4-5,9-11H,1-3H3/t9-,10-/m0/s1. The molecule has 0 aromatic carbocycles. The minimum atomic E-state index is -0.819. The van der Waals surface area contributed by atoms with E-state index in [-0.39, 0.29) is 0 Å². The van der Waals surface area contributed by atoms with Gasteiger partial charge < -0.3 is 14.2 Å². The van der Waals surface area contributed by atoms with Gasteiger partial charge in [0.05, 0.1) is 0 Å². The van der Waals surface area contributed by atoms with Crippen molar-refractivity contribution in [1.29, 1.82) is 0 Å². The molecule has 0 aliphatic heterocycles. The van der Waals surface area contributed by atoms with Gasteiger partial charge in [0.25, 0.3) is 0 Å². The predicted octanol–water partition coefficient (Wildman–Crippen LogP) is 0.351. The highest BCUT2D eigenvalue weighted by atomic mass is 16.6. The van der Waals surface area contributed by atoms with Gasteiger partial charge in [-0.3, -0.25) is 14.4 Å². The molecule has 0 amide bonds. The van der Waals surface area contributed by atoms with Crippen LogP contribution in [0.15, 0.2) is 12.2 Å². The molecule has 6 nitrogen and oxygen atoms in total. The Labute approximate surface area is 98.5 Å². The van der Waals surface area contributed by atoms with Crippen LogP contribution in [-0.2, 0) is 28.6 Å². The number of rotatable bonds is 3. The van der Waals surface area contributed by atoms with Gasteiger partial charge in [0.2, 0.25) is 0 Å². The Morgan fingerprint density at radius 3 is 1.41 bits per heavy atom. The largest absolute Gasteiger partial charge is 0.454 e. The maximum Gasteiger partial charge on any atom is 0.303 e. The lowest BCUT2D eigenvalue weighted by Crippen LogP contribution is -2.39. The summed E-state index contributed by atoms with van der Waals surface area (Å²) in [6, 6.07) is 0. The Morgan fingerprint density at radius 2 is 1.12 bits per heavy atom. The fraction of sp³-hybridized carbons (Fsp3) is 0.545. The summed E-state index contributed by atoms with van der Waals surface area (Å²) in [5, 5.41) is 0. The molecule has 17 heavy (non-hydrogen) atoms. The van der Waals surface area contributed by atoms with E-state index in [2.05, 4.69) is 0 Å². The summed E-state index contributed by atoms with van der Waals surface area (Å²) in [5.41, 5.74) is 0. The number of hydrogen-bond acceptors (Lipinski definition) is 6. The molecule has 0 heterocycles. The average Bonchev–Trinajstić information content (AvgIpc) is 2.47. The number of hydrogen-bond donors (Lipinski definition) is 0. The van der Waals surface area contributed by atoms with Crippen molar-refractivity contribution in [2.45, 2.75) is 39.1 Å². The second-order valence-electron chi connectivity index (χ2n) is 3.61. The third-order valence-electron chi connectivity index (χ3n) is 2.04. The van der Waals surface area contributed by atoms with Crippen LogP contribution in [-0.4, -0.2) is 36.2 Å². The molecule has 0 spiro atoms. The maximum absolute atomic E-state index is 10.9. The summed E-state index contributed by atoms with van der Waals surface area (Å²) in [7, 11) is 0. The third kappa shape index (κ3) is 3.90. The van der Waals surface area contributed by atoms with Crippen molar-refractivity contribution in [3.05, 3.63) is 12.2 Å². The smallest absolute Gasteiger partial charge is 0.303 e. The molecular weight excluding hydrogens is 228 g/mol. The molecule has 0 unspecified atom stereocenters. The summed E-state index contributed by atoms with van der Waals surface area (Å²) < 4.78 is 14.9. The van der Waals surface area contributed by atoms with E-state index in [0.717, 1.165) is 0 Å². The molecule has 0 fully saturated rings. The van der Waals surface area contributed by atoms with Crippen LogP contribution in [0.2, 0.25) is 0 Å². The Hall–Kier alpha value is -1.85. The first-order chi connectivity index (χ1) is 7.90. The Kier molecular flexibility index (Phi) is 4.25. The summed E-state index contributed by atoms with van der Waals surface area (Å²) in [5.74, 6) is -1.53. The minimum absolute atomic E-state index is 0.500. The molecule has 0 saturated carbocycles. The second kappa shape index (κ2) is 5.47. The number of esters is 3. The fourth-order valence-electron chi connectivity index (χ4n) is 1.55. The monoisotopic (exact) mass is 242 g/mol. The zero-order chi connectivity index (χ0) is 13.0. The van der Waals surface area contributed by atoms with E-state index in [1.54, 1.807) is 0 Å². The van der Waals surface area contributed by atoms with Crippen LogP contribution in [0.4, 0.5) is 0 Å². The Morgan fingerprint density at radius 1 is 0.765 bits per heavy atom. The zero-order valence-corrected chi connectivity index (χ0v) is 9.84. The molecule has 1 aliphatic carbocycles. The average molecular weight is 242 g/mol. The Bertz CT molecular complexity index is 333. The Balaban J connectivity index is 2.73. The zero-order valence-electron chi connectivity index (χ0n) is 9.84. The van der Waals surface area contributed by atoms with E-state index in [9.17, 15) is 14.4 Å². The number of ether oxygens (including phenoxy) is 3. The summed E-state index contributed by atoms with van der Waals surface area (Å²) >= 11 is 0. The van der Waals surface area contributed by atoms with Crippen molar-refractivity contribution < 1.29 is 28.6 Å². The van der Waals surface area contributed by atoms with Gasteiger partial charge in [0.15, 0.2) is 18.3 Å². The summed E-state index contributed by atoms with van der Waals surface area (Å²) in [4.78, 5) is 32.6. The lowest BCUT2D eigenvalue weighted by Gasteiger charge is -2.23. The highest BCUT2D eigenvalue weighted by Crippen LogP contribution is 2.22. The third-order valence-corrected chi connectivity index (χ3v) is 2.04. The topological polar surface area (TPSA) is 78.9 Å². The van der Waals surface area contributed by atoms with E-state index >= 15 is 0 Å². The second-order valence-corrected chi connectivity index (χ2v) is 3.61. The van der Waals surface area contributed by atoms with Gasteiger partial charge in [0.1, 0.15) is 0 Å². The molecule has 0 bridgehead atoms. The number of carbonyl (C=O) groups is 3. The van der Waals surface area contributed by atoms with E-state index in [1.165, 1.54) is 32.9 Å². The van der Waals surface area contributed by atoms with Crippen LogP contribution < -0.4 is 0 Å². The quantitative estimate of drug-likeness (QED) is 0.403. The molecule has 0 aromatic heterocycles. The van der Waals surface area contributed by atoms with Crippen LogP contribution in [0.3, 0.4) is 0 Å². The van der Waals surface area contributed by atoms with E-state index in [1.807, 2.05) is 0 Å². The molecule has 94 valence electrons. The molecule has 0 saturated heterocycles. The van der Waals surface area contributed by atoms with Crippen LogP contribution in [0, 0.1) is 0 Å². The molecule has 2 atom stereocenters. The molecule has 0 N–H and O–H groups in total. The molecular formula is C11H14O6. The van der Waals surface area contributed by atoms with Crippen LogP contribution in [0.1, 0.15) is 20.8 Å². The van der Waals surface area contributed by atoms with Gasteiger partial charge in [0, 0.05) is 20.8 Å². The highest BCUT2D eigenvalue weighted by molar-refractivity contribution is 5.69. The molecule has 0 radical (unpaired) electrons. The van der Waals surface area contributed by atoms with Crippen molar-refractivity contribution in [3.8, 4) is 0 Å². The first-order valence-electron chi connectivity index (χ1n) is 5.10. The van der Waals surface area contributed by atoms with Gasteiger partial charge >= 0.3 is 17.9 Å². The van der Waals surface area contributed by atoms with Gasteiger partial charge in [-0.1, -0.05) is 0 Å². The molecule has 6 heteroatoms. The molecule has 1 rings (SSSR count).